The Morgan fingerprint density at radius 3 is 2.31 bits per heavy atom. The average molecular weight is 232 g/mol. The van der Waals surface area contributed by atoms with Gasteiger partial charge in [0, 0.05) is 40.0 Å². The molecule has 0 bridgehead atoms. The molecule has 0 rings (SSSR count). The number of hydrogen-bond donors (Lipinski definition) is 1. The molecule has 0 amide bonds. The van der Waals surface area contributed by atoms with E-state index >= 15 is 0 Å². The van der Waals surface area contributed by atoms with Gasteiger partial charge in [0.15, 0.2) is 0 Å². The summed E-state index contributed by atoms with van der Waals surface area (Å²) in [5.74, 6) is 0. The Bertz CT molecular complexity index is 145. The third kappa shape index (κ3) is 9.09. The molecule has 4 heteroatoms. The molecule has 4 nitrogen and oxygen atoms in total. The minimum Gasteiger partial charge on any atom is -0.385 e. The number of rotatable bonds is 11. The zero-order chi connectivity index (χ0) is 12.2. The quantitative estimate of drug-likeness (QED) is 0.538. The number of ether oxygens (including phenoxy) is 2. The molecule has 1 unspecified atom stereocenters. The second kappa shape index (κ2) is 11.3. The molecule has 0 saturated carbocycles. The molecule has 0 aromatic rings. The van der Waals surface area contributed by atoms with E-state index in [2.05, 4.69) is 17.1 Å². The molecule has 0 fully saturated rings. The summed E-state index contributed by atoms with van der Waals surface area (Å²) in [6.45, 7) is 7.08. The first-order chi connectivity index (χ1) is 7.74. The molecule has 0 aromatic heterocycles. The lowest BCUT2D eigenvalue weighted by Crippen LogP contribution is -2.34. The molecular weight excluding hydrogens is 204 g/mol. The molecule has 0 aliphatic carbocycles. The van der Waals surface area contributed by atoms with Crippen LogP contribution in [0.2, 0.25) is 0 Å². The Balaban J connectivity index is 3.70. The third-order valence-electron chi connectivity index (χ3n) is 2.81. The molecule has 16 heavy (non-hydrogen) atoms. The van der Waals surface area contributed by atoms with E-state index in [1.807, 2.05) is 7.05 Å². The molecule has 1 N–H and O–H groups in total. The van der Waals surface area contributed by atoms with E-state index in [0.717, 1.165) is 39.3 Å². The fourth-order valence-electron chi connectivity index (χ4n) is 1.51. The maximum atomic E-state index is 5.12. The fourth-order valence-corrected chi connectivity index (χ4v) is 1.51. The molecule has 0 aromatic carbocycles. The van der Waals surface area contributed by atoms with Crippen LogP contribution in [-0.2, 0) is 9.47 Å². The lowest BCUT2D eigenvalue weighted by Gasteiger charge is -2.23. The SMILES string of the molecule is CNC(C)CCN(CCCOC)CCOC. The zero-order valence-corrected chi connectivity index (χ0v) is 11.3. The van der Waals surface area contributed by atoms with Crippen molar-refractivity contribution in [3.63, 3.8) is 0 Å². The largest absolute Gasteiger partial charge is 0.385 e. The predicted octanol–water partition coefficient (Wildman–Crippen LogP) is 0.969. The van der Waals surface area contributed by atoms with Crippen LogP contribution in [0, 0.1) is 0 Å². The number of hydrogen-bond acceptors (Lipinski definition) is 4. The van der Waals surface area contributed by atoms with E-state index in [1.165, 1.54) is 6.42 Å². The lowest BCUT2D eigenvalue weighted by atomic mass is 10.2. The van der Waals surface area contributed by atoms with Gasteiger partial charge in [-0.05, 0) is 33.4 Å². The monoisotopic (exact) mass is 232 g/mol. The second-order valence-corrected chi connectivity index (χ2v) is 4.16. The highest BCUT2D eigenvalue weighted by Gasteiger charge is 2.06. The van der Waals surface area contributed by atoms with E-state index in [9.17, 15) is 0 Å². The van der Waals surface area contributed by atoms with Gasteiger partial charge in [-0.1, -0.05) is 0 Å². The first-order valence-corrected chi connectivity index (χ1v) is 6.12. The average Bonchev–Trinajstić information content (AvgIpc) is 2.31. The molecule has 0 spiro atoms. The van der Waals surface area contributed by atoms with Crippen LogP contribution in [0.1, 0.15) is 19.8 Å². The van der Waals surface area contributed by atoms with Crippen LogP contribution in [0.25, 0.3) is 0 Å². The first-order valence-electron chi connectivity index (χ1n) is 6.12. The van der Waals surface area contributed by atoms with Gasteiger partial charge in [0.2, 0.25) is 0 Å². The Morgan fingerprint density at radius 2 is 1.75 bits per heavy atom. The van der Waals surface area contributed by atoms with Crippen molar-refractivity contribution in [2.75, 3.05) is 54.1 Å². The van der Waals surface area contributed by atoms with Gasteiger partial charge >= 0.3 is 0 Å². The molecule has 0 heterocycles. The van der Waals surface area contributed by atoms with E-state index in [-0.39, 0.29) is 0 Å². The van der Waals surface area contributed by atoms with Gasteiger partial charge in [0.25, 0.3) is 0 Å². The summed E-state index contributed by atoms with van der Waals surface area (Å²) in [5.41, 5.74) is 0. The van der Waals surface area contributed by atoms with Crippen LogP contribution in [0.15, 0.2) is 0 Å². The van der Waals surface area contributed by atoms with Crippen molar-refractivity contribution in [1.29, 1.82) is 0 Å². The first kappa shape index (κ1) is 15.8. The summed E-state index contributed by atoms with van der Waals surface area (Å²) < 4.78 is 10.2. The van der Waals surface area contributed by atoms with Gasteiger partial charge in [-0.3, -0.25) is 0 Å². The molecule has 0 saturated heterocycles. The van der Waals surface area contributed by atoms with Crippen molar-refractivity contribution < 1.29 is 9.47 Å². The summed E-state index contributed by atoms with van der Waals surface area (Å²) >= 11 is 0. The highest BCUT2D eigenvalue weighted by Crippen LogP contribution is 1.98. The normalized spacial score (nSPS) is 13.3. The maximum absolute atomic E-state index is 5.12. The van der Waals surface area contributed by atoms with Gasteiger partial charge in [0.1, 0.15) is 0 Å². The molecule has 0 aliphatic heterocycles. The Labute approximate surface area is 100 Å². The highest BCUT2D eigenvalue weighted by atomic mass is 16.5. The van der Waals surface area contributed by atoms with Gasteiger partial charge in [-0.15, -0.1) is 0 Å². The summed E-state index contributed by atoms with van der Waals surface area (Å²) in [4.78, 5) is 2.44. The van der Waals surface area contributed by atoms with Crippen molar-refractivity contribution in [2.24, 2.45) is 0 Å². The van der Waals surface area contributed by atoms with Gasteiger partial charge < -0.3 is 19.7 Å². The molecule has 0 radical (unpaired) electrons. The maximum Gasteiger partial charge on any atom is 0.0589 e. The summed E-state index contributed by atoms with van der Waals surface area (Å²) in [5, 5.41) is 3.26. The van der Waals surface area contributed by atoms with Crippen LogP contribution in [-0.4, -0.2) is 65.1 Å². The van der Waals surface area contributed by atoms with Crippen LogP contribution >= 0.6 is 0 Å². The number of methoxy groups -OCH3 is 2. The van der Waals surface area contributed by atoms with E-state index in [0.29, 0.717) is 6.04 Å². The van der Waals surface area contributed by atoms with Crippen molar-refractivity contribution in [3.8, 4) is 0 Å². The van der Waals surface area contributed by atoms with Crippen LogP contribution in [0.5, 0.6) is 0 Å². The zero-order valence-electron chi connectivity index (χ0n) is 11.3. The summed E-state index contributed by atoms with van der Waals surface area (Å²) in [7, 11) is 5.52. The standard InChI is InChI=1S/C12H28N2O2/c1-12(13-2)6-8-14(9-11-16-4)7-5-10-15-3/h12-13H,5-11H2,1-4H3. The summed E-state index contributed by atoms with van der Waals surface area (Å²) in [6, 6.07) is 0.576. The highest BCUT2D eigenvalue weighted by molar-refractivity contribution is 4.63. The fraction of sp³-hybridized carbons (Fsp3) is 1.00. The minimum atomic E-state index is 0.576. The molecule has 0 aliphatic rings. The van der Waals surface area contributed by atoms with E-state index < -0.39 is 0 Å². The minimum absolute atomic E-state index is 0.576. The Hall–Kier alpha value is -0.160. The van der Waals surface area contributed by atoms with Crippen LogP contribution in [0.3, 0.4) is 0 Å². The van der Waals surface area contributed by atoms with Gasteiger partial charge in [-0.25, -0.2) is 0 Å². The second-order valence-electron chi connectivity index (χ2n) is 4.16. The predicted molar refractivity (Wildman–Crippen MR) is 67.9 cm³/mol. The third-order valence-corrected chi connectivity index (χ3v) is 2.81. The van der Waals surface area contributed by atoms with E-state index in [1.54, 1.807) is 14.2 Å². The molecule has 1 atom stereocenters. The Kier molecular flexibility index (Phi) is 11.2. The molecular formula is C12H28N2O2. The van der Waals surface area contributed by atoms with E-state index in [4.69, 9.17) is 9.47 Å². The van der Waals surface area contributed by atoms with Crippen molar-refractivity contribution in [1.82, 2.24) is 10.2 Å². The van der Waals surface area contributed by atoms with Gasteiger partial charge in [-0.2, -0.15) is 0 Å². The topological polar surface area (TPSA) is 33.7 Å². The van der Waals surface area contributed by atoms with Crippen LogP contribution in [0.4, 0.5) is 0 Å². The van der Waals surface area contributed by atoms with Crippen molar-refractivity contribution in [2.45, 2.75) is 25.8 Å². The Morgan fingerprint density at radius 1 is 1.06 bits per heavy atom. The smallest absolute Gasteiger partial charge is 0.0589 e. The van der Waals surface area contributed by atoms with Crippen molar-refractivity contribution >= 4 is 0 Å². The van der Waals surface area contributed by atoms with Gasteiger partial charge in [0.05, 0.1) is 6.61 Å². The van der Waals surface area contributed by atoms with Crippen LogP contribution < -0.4 is 5.32 Å². The summed E-state index contributed by atoms with van der Waals surface area (Å²) in [6.07, 6.45) is 2.27. The number of nitrogens with one attached hydrogen (secondary N) is 1. The number of nitrogens with zero attached hydrogens (tertiary/aromatic N) is 1. The molecule has 98 valence electrons. The van der Waals surface area contributed by atoms with Crippen molar-refractivity contribution in [3.05, 3.63) is 0 Å². The lowest BCUT2D eigenvalue weighted by molar-refractivity contribution is 0.130.